The van der Waals surface area contributed by atoms with Gasteiger partial charge in [-0.2, -0.15) is 0 Å². The van der Waals surface area contributed by atoms with Crippen LogP contribution in [0.2, 0.25) is 0 Å². The monoisotopic (exact) mass is 341 g/mol. The third-order valence-electron chi connectivity index (χ3n) is 4.00. The van der Waals surface area contributed by atoms with E-state index < -0.39 is 0 Å². The summed E-state index contributed by atoms with van der Waals surface area (Å²) in [7, 11) is 1.78. The highest BCUT2D eigenvalue weighted by molar-refractivity contribution is 5.85. The number of likely N-dealkylation sites (N-methyl/N-ethyl adjacent to an activating group) is 1. The van der Waals surface area contributed by atoms with Crippen LogP contribution in [0, 0.1) is 0 Å². The SMILES string of the molecule is CCC(NC(=O)CNC)C1CN(Cc2ccccc2)CCO1.Cl. The summed E-state index contributed by atoms with van der Waals surface area (Å²) in [5.41, 5.74) is 1.32. The number of hydrogen-bond acceptors (Lipinski definition) is 4. The minimum atomic E-state index is 0. The molecule has 1 aliphatic heterocycles. The van der Waals surface area contributed by atoms with Crippen LogP contribution in [0.3, 0.4) is 0 Å². The molecule has 0 saturated carbocycles. The number of ether oxygens (including phenoxy) is 1. The van der Waals surface area contributed by atoms with E-state index in [1.165, 1.54) is 5.56 Å². The number of carbonyl (C=O) groups excluding carboxylic acids is 1. The molecule has 0 spiro atoms. The molecule has 0 radical (unpaired) electrons. The van der Waals surface area contributed by atoms with E-state index in [4.69, 9.17) is 4.74 Å². The van der Waals surface area contributed by atoms with Gasteiger partial charge in [0.15, 0.2) is 0 Å². The molecule has 130 valence electrons. The summed E-state index contributed by atoms with van der Waals surface area (Å²) in [6.07, 6.45) is 0.933. The molecule has 2 unspecified atom stereocenters. The molecular weight excluding hydrogens is 314 g/mol. The summed E-state index contributed by atoms with van der Waals surface area (Å²) in [5.74, 6) is 0.0260. The second-order valence-electron chi connectivity index (χ2n) is 5.74. The molecule has 0 aliphatic carbocycles. The largest absolute Gasteiger partial charge is 0.373 e. The fourth-order valence-electron chi connectivity index (χ4n) is 2.84. The standard InChI is InChI=1S/C17H27N3O2.ClH/c1-3-15(19-17(21)11-18-2)16-13-20(9-10-22-16)12-14-7-5-4-6-8-14;/h4-8,15-16,18H,3,9-13H2,1-2H3,(H,19,21);1H. The zero-order valence-corrected chi connectivity index (χ0v) is 14.8. The summed E-state index contributed by atoms with van der Waals surface area (Å²) >= 11 is 0. The quantitative estimate of drug-likeness (QED) is 0.787. The molecule has 1 fully saturated rings. The number of carbonyl (C=O) groups is 1. The fraction of sp³-hybridized carbons (Fsp3) is 0.588. The number of hydrogen-bond donors (Lipinski definition) is 2. The van der Waals surface area contributed by atoms with E-state index in [2.05, 4.69) is 46.7 Å². The van der Waals surface area contributed by atoms with Crippen LogP contribution in [0.4, 0.5) is 0 Å². The van der Waals surface area contributed by atoms with Gasteiger partial charge < -0.3 is 15.4 Å². The number of nitrogens with one attached hydrogen (secondary N) is 2. The first kappa shape index (κ1) is 19.9. The maximum atomic E-state index is 11.8. The average Bonchev–Trinajstić information content (AvgIpc) is 2.54. The molecule has 0 bridgehead atoms. The van der Waals surface area contributed by atoms with Crippen molar-refractivity contribution >= 4 is 18.3 Å². The van der Waals surface area contributed by atoms with Gasteiger partial charge in [-0.3, -0.25) is 9.69 Å². The Hall–Kier alpha value is -1.14. The number of benzene rings is 1. The smallest absolute Gasteiger partial charge is 0.234 e. The van der Waals surface area contributed by atoms with Gasteiger partial charge in [0.1, 0.15) is 0 Å². The highest BCUT2D eigenvalue weighted by Crippen LogP contribution is 2.14. The number of halogens is 1. The van der Waals surface area contributed by atoms with Gasteiger partial charge in [-0.1, -0.05) is 37.3 Å². The van der Waals surface area contributed by atoms with E-state index in [0.717, 1.165) is 32.7 Å². The number of morpholine rings is 1. The first-order valence-corrected chi connectivity index (χ1v) is 8.04. The van der Waals surface area contributed by atoms with Gasteiger partial charge in [0.2, 0.25) is 5.91 Å². The minimum absolute atomic E-state index is 0. The molecule has 5 nitrogen and oxygen atoms in total. The second-order valence-corrected chi connectivity index (χ2v) is 5.74. The molecule has 6 heteroatoms. The van der Waals surface area contributed by atoms with Crippen molar-refractivity contribution in [2.24, 2.45) is 0 Å². The molecule has 1 aromatic carbocycles. The van der Waals surface area contributed by atoms with Crippen molar-refractivity contribution in [2.75, 3.05) is 33.3 Å². The van der Waals surface area contributed by atoms with E-state index in [-0.39, 0.29) is 30.5 Å². The third kappa shape index (κ3) is 6.47. The average molecular weight is 342 g/mol. The molecule has 2 N–H and O–H groups in total. The molecule has 23 heavy (non-hydrogen) atoms. The Morgan fingerprint density at radius 2 is 2.13 bits per heavy atom. The minimum Gasteiger partial charge on any atom is -0.373 e. The van der Waals surface area contributed by atoms with E-state index in [1.54, 1.807) is 7.05 Å². The van der Waals surface area contributed by atoms with Crippen molar-refractivity contribution in [2.45, 2.75) is 32.0 Å². The van der Waals surface area contributed by atoms with E-state index >= 15 is 0 Å². The molecule has 2 atom stereocenters. The maximum Gasteiger partial charge on any atom is 0.234 e. The molecule has 2 rings (SSSR count). The summed E-state index contributed by atoms with van der Waals surface area (Å²) in [4.78, 5) is 14.2. The lowest BCUT2D eigenvalue weighted by molar-refractivity contribution is -0.123. The van der Waals surface area contributed by atoms with Crippen molar-refractivity contribution < 1.29 is 9.53 Å². The maximum absolute atomic E-state index is 11.8. The van der Waals surface area contributed by atoms with Gasteiger partial charge in [0.05, 0.1) is 25.3 Å². The Labute approximate surface area is 145 Å². The van der Waals surface area contributed by atoms with Gasteiger partial charge in [-0.05, 0) is 19.0 Å². The van der Waals surface area contributed by atoms with Gasteiger partial charge in [0, 0.05) is 19.6 Å². The van der Waals surface area contributed by atoms with Crippen LogP contribution >= 0.6 is 12.4 Å². The van der Waals surface area contributed by atoms with Crippen molar-refractivity contribution in [3.05, 3.63) is 35.9 Å². The summed E-state index contributed by atoms with van der Waals surface area (Å²) in [6, 6.07) is 10.5. The summed E-state index contributed by atoms with van der Waals surface area (Å²) in [6.45, 7) is 5.87. The molecule has 1 saturated heterocycles. The van der Waals surface area contributed by atoms with Gasteiger partial charge >= 0.3 is 0 Å². The fourth-order valence-corrected chi connectivity index (χ4v) is 2.84. The first-order valence-electron chi connectivity index (χ1n) is 8.04. The lowest BCUT2D eigenvalue weighted by Gasteiger charge is -2.37. The molecule has 1 heterocycles. The van der Waals surface area contributed by atoms with Crippen LogP contribution in [0.25, 0.3) is 0 Å². The Morgan fingerprint density at radius 1 is 1.39 bits per heavy atom. The van der Waals surface area contributed by atoms with Crippen LogP contribution in [0.15, 0.2) is 30.3 Å². The Kier molecular flexibility index (Phi) is 9.17. The van der Waals surface area contributed by atoms with Gasteiger partial charge in [0.25, 0.3) is 0 Å². The highest BCUT2D eigenvalue weighted by Gasteiger charge is 2.28. The molecular formula is C17H28ClN3O2. The van der Waals surface area contributed by atoms with Crippen LogP contribution in [-0.2, 0) is 16.1 Å². The predicted molar refractivity (Wildman–Crippen MR) is 94.9 cm³/mol. The van der Waals surface area contributed by atoms with Gasteiger partial charge in [-0.15, -0.1) is 12.4 Å². The summed E-state index contributed by atoms with van der Waals surface area (Å²) in [5, 5.41) is 5.95. The summed E-state index contributed by atoms with van der Waals surface area (Å²) < 4.78 is 5.90. The van der Waals surface area contributed by atoms with Crippen LogP contribution in [0.1, 0.15) is 18.9 Å². The Bertz CT molecular complexity index is 458. The van der Waals surface area contributed by atoms with Crippen LogP contribution in [0.5, 0.6) is 0 Å². The van der Waals surface area contributed by atoms with E-state index in [9.17, 15) is 4.79 Å². The molecule has 1 aromatic rings. The molecule has 1 amide bonds. The van der Waals surface area contributed by atoms with Crippen molar-refractivity contribution in [3.63, 3.8) is 0 Å². The van der Waals surface area contributed by atoms with Crippen molar-refractivity contribution in [3.8, 4) is 0 Å². The van der Waals surface area contributed by atoms with Crippen LogP contribution in [-0.4, -0.2) is 56.2 Å². The van der Waals surface area contributed by atoms with E-state index in [0.29, 0.717) is 6.54 Å². The lowest BCUT2D eigenvalue weighted by Crippen LogP contribution is -2.54. The van der Waals surface area contributed by atoms with Gasteiger partial charge in [-0.25, -0.2) is 0 Å². The lowest BCUT2D eigenvalue weighted by atomic mass is 10.1. The molecule has 0 aromatic heterocycles. The van der Waals surface area contributed by atoms with Crippen molar-refractivity contribution in [1.29, 1.82) is 0 Å². The predicted octanol–water partition coefficient (Wildman–Crippen LogP) is 1.42. The highest BCUT2D eigenvalue weighted by atomic mass is 35.5. The van der Waals surface area contributed by atoms with Crippen molar-refractivity contribution in [1.82, 2.24) is 15.5 Å². The third-order valence-corrected chi connectivity index (χ3v) is 4.00. The van der Waals surface area contributed by atoms with E-state index in [1.807, 2.05) is 6.07 Å². The second kappa shape index (κ2) is 10.6. The topological polar surface area (TPSA) is 53.6 Å². The normalized spacial score (nSPS) is 19.7. The number of rotatable bonds is 7. The van der Waals surface area contributed by atoms with Crippen LogP contribution < -0.4 is 10.6 Å². The first-order chi connectivity index (χ1) is 10.7. The Morgan fingerprint density at radius 3 is 2.78 bits per heavy atom. The Balaban J connectivity index is 0.00000264. The molecule has 1 aliphatic rings. The number of nitrogens with zero attached hydrogens (tertiary/aromatic N) is 1. The zero-order chi connectivity index (χ0) is 15.8. The zero-order valence-electron chi connectivity index (χ0n) is 14.0. The number of amides is 1.